The van der Waals surface area contributed by atoms with Crippen LogP contribution >= 0.6 is 0 Å². The van der Waals surface area contributed by atoms with Gasteiger partial charge in [0.15, 0.2) is 0 Å². The Kier molecular flexibility index (Phi) is 9.94. The number of carbonyl (C=O) groups excluding carboxylic acids is 4. The third-order valence-corrected chi connectivity index (χ3v) is 9.70. The van der Waals surface area contributed by atoms with Gasteiger partial charge >= 0.3 is 23.9 Å². The maximum atomic E-state index is 12.3. The molecule has 0 N–H and O–H groups in total. The molecule has 0 bridgehead atoms. The first-order chi connectivity index (χ1) is 19.9. The van der Waals surface area contributed by atoms with Gasteiger partial charge in [-0.15, -0.1) is 0 Å². The molecule has 2 unspecified atom stereocenters. The Labute approximate surface area is 243 Å². The average molecular weight is 565 g/mol. The average Bonchev–Trinajstić information content (AvgIpc) is 3.49. The summed E-state index contributed by atoms with van der Waals surface area (Å²) in [5, 5.41) is 0. The van der Waals surface area contributed by atoms with Crippen molar-refractivity contribution >= 4 is 23.9 Å². The monoisotopic (exact) mass is 564 g/mol. The first-order valence-corrected chi connectivity index (χ1v) is 15.8. The lowest BCUT2D eigenvalue weighted by Gasteiger charge is -2.29. The number of rotatable bonds is 11. The Bertz CT molecular complexity index is 1140. The van der Waals surface area contributed by atoms with Crippen molar-refractivity contribution in [2.45, 2.75) is 109 Å². The molecule has 2 saturated carbocycles. The molecular weight excluding hydrogens is 520 g/mol. The van der Waals surface area contributed by atoms with E-state index in [1.165, 1.54) is 64.2 Å². The van der Waals surface area contributed by atoms with Crippen molar-refractivity contribution in [3.8, 4) is 5.75 Å². The first-order valence-electron chi connectivity index (χ1n) is 15.8. The molecule has 7 nitrogen and oxygen atoms in total. The Hall–Kier alpha value is -2.96. The molecule has 2 atom stereocenters. The number of carbonyl (C=O) groups is 4. The second kappa shape index (κ2) is 13.8. The van der Waals surface area contributed by atoms with Crippen LogP contribution in [0.5, 0.6) is 5.75 Å². The molecule has 0 spiro atoms. The summed E-state index contributed by atoms with van der Waals surface area (Å²) in [5.74, 6) is -0.0543. The minimum Gasteiger partial charge on any atom is -0.493 e. The topological polar surface area (TPSA) is 96.0 Å². The first kappa shape index (κ1) is 29.5. The van der Waals surface area contributed by atoms with E-state index >= 15 is 0 Å². The summed E-state index contributed by atoms with van der Waals surface area (Å²) in [5.41, 5.74) is 1.19. The van der Waals surface area contributed by atoms with Crippen LogP contribution in [-0.2, 0) is 28.7 Å². The molecule has 5 rings (SSSR count). The van der Waals surface area contributed by atoms with Crippen molar-refractivity contribution in [3.05, 3.63) is 41.5 Å². The van der Waals surface area contributed by atoms with E-state index in [4.69, 9.17) is 14.2 Å². The molecule has 0 aromatic heterocycles. The molecule has 2 saturated heterocycles. The van der Waals surface area contributed by atoms with Gasteiger partial charge in [0.25, 0.3) is 0 Å². The van der Waals surface area contributed by atoms with Crippen molar-refractivity contribution in [1.29, 1.82) is 0 Å². The number of hydrogen-bond acceptors (Lipinski definition) is 7. The molecule has 4 aliphatic rings. The highest BCUT2D eigenvalue weighted by molar-refractivity contribution is 5.99. The second-order valence-corrected chi connectivity index (χ2v) is 12.6. The standard InChI is InChI=1S/C34H44O7/c1-2-4-22-6-10-24(11-7-22)14-15-25-12-8-23(9-13-25)5-3-18-39-30-19-26(28-20-31(35)40-33(28)37)16-17-27(30)29-21-32(36)41-34(29)38/h14-17,19,22-25,28-29H,2-13,18,20-21H2,1H3. The highest BCUT2D eigenvalue weighted by Gasteiger charge is 2.39. The molecule has 7 heteroatoms. The summed E-state index contributed by atoms with van der Waals surface area (Å²) in [6.45, 7) is 2.77. The maximum absolute atomic E-state index is 12.3. The summed E-state index contributed by atoms with van der Waals surface area (Å²) < 4.78 is 15.7. The van der Waals surface area contributed by atoms with Gasteiger partial charge in [-0.25, -0.2) is 0 Å². The molecule has 1 aromatic carbocycles. The maximum Gasteiger partial charge on any atom is 0.321 e. The van der Waals surface area contributed by atoms with Crippen LogP contribution in [0.3, 0.4) is 0 Å². The van der Waals surface area contributed by atoms with Crippen molar-refractivity contribution in [3.63, 3.8) is 0 Å². The second-order valence-electron chi connectivity index (χ2n) is 12.6. The zero-order chi connectivity index (χ0) is 28.8. The summed E-state index contributed by atoms with van der Waals surface area (Å²) >= 11 is 0. The lowest BCUT2D eigenvalue weighted by atomic mass is 9.77. The van der Waals surface area contributed by atoms with Crippen LogP contribution in [0.15, 0.2) is 30.4 Å². The van der Waals surface area contributed by atoms with Gasteiger partial charge in [-0.05, 0) is 99.5 Å². The molecule has 41 heavy (non-hydrogen) atoms. The number of allylic oxidation sites excluding steroid dienone is 2. The minimum absolute atomic E-state index is 0.0144. The smallest absolute Gasteiger partial charge is 0.321 e. The summed E-state index contributed by atoms with van der Waals surface area (Å²) in [4.78, 5) is 47.8. The van der Waals surface area contributed by atoms with Crippen LogP contribution in [0.25, 0.3) is 0 Å². The number of hydrogen-bond donors (Lipinski definition) is 0. The summed E-state index contributed by atoms with van der Waals surface area (Å²) in [6.07, 6.45) is 20.2. The fourth-order valence-corrected chi connectivity index (χ4v) is 7.24. The van der Waals surface area contributed by atoms with Crippen molar-refractivity contribution in [2.24, 2.45) is 23.7 Å². The van der Waals surface area contributed by atoms with E-state index in [-0.39, 0.29) is 12.8 Å². The van der Waals surface area contributed by atoms with Crippen LogP contribution in [0.4, 0.5) is 0 Å². The lowest BCUT2D eigenvalue weighted by Crippen LogP contribution is -2.16. The molecule has 2 heterocycles. The molecule has 222 valence electrons. The van der Waals surface area contributed by atoms with E-state index in [0.29, 0.717) is 35.3 Å². The van der Waals surface area contributed by atoms with Crippen molar-refractivity contribution < 1.29 is 33.4 Å². The van der Waals surface area contributed by atoms with E-state index in [9.17, 15) is 19.2 Å². The Morgan fingerprint density at radius 2 is 1.32 bits per heavy atom. The van der Waals surface area contributed by atoms with Crippen LogP contribution in [0, 0.1) is 23.7 Å². The van der Waals surface area contributed by atoms with Gasteiger partial charge in [-0.3, -0.25) is 19.2 Å². The SMILES string of the molecule is CCCC1CCC(C=CC2CCC(CCCOc3cc(C4CC(=O)OC4=O)ccc3C3CC(=O)OC3=O)CC2)CC1. The highest BCUT2D eigenvalue weighted by atomic mass is 16.6. The fourth-order valence-electron chi connectivity index (χ4n) is 7.24. The van der Waals surface area contributed by atoms with Gasteiger partial charge in [0, 0.05) is 5.56 Å². The van der Waals surface area contributed by atoms with E-state index in [0.717, 1.165) is 24.7 Å². The van der Waals surface area contributed by atoms with E-state index in [1.54, 1.807) is 18.2 Å². The zero-order valence-corrected chi connectivity index (χ0v) is 24.3. The van der Waals surface area contributed by atoms with Gasteiger partial charge in [0.1, 0.15) is 5.75 Å². The van der Waals surface area contributed by atoms with Gasteiger partial charge in [0.2, 0.25) is 0 Å². The minimum atomic E-state index is -0.724. The summed E-state index contributed by atoms with van der Waals surface area (Å²) in [6, 6.07) is 5.12. The Morgan fingerprint density at radius 1 is 0.756 bits per heavy atom. The van der Waals surface area contributed by atoms with E-state index in [1.807, 2.05) is 0 Å². The van der Waals surface area contributed by atoms with Crippen LogP contribution < -0.4 is 4.74 Å². The van der Waals surface area contributed by atoms with Gasteiger partial charge in [0.05, 0.1) is 31.3 Å². The van der Waals surface area contributed by atoms with Crippen LogP contribution in [-0.4, -0.2) is 30.5 Å². The molecule has 2 aliphatic heterocycles. The molecule has 4 fully saturated rings. The largest absolute Gasteiger partial charge is 0.493 e. The summed E-state index contributed by atoms with van der Waals surface area (Å²) in [7, 11) is 0. The van der Waals surface area contributed by atoms with E-state index in [2.05, 4.69) is 19.1 Å². The predicted octanol–water partition coefficient (Wildman–Crippen LogP) is 6.93. The quantitative estimate of drug-likeness (QED) is 0.124. The van der Waals surface area contributed by atoms with Crippen LogP contribution in [0.2, 0.25) is 0 Å². The highest BCUT2D eigenvalue weighted by Crippen LogP contribution is 2.39. The number of benzene rings is 1. The number of ether oxygens (including phenoxy) is 3. The van der Waals surface area contributed by atoms with Crippen molar-refractivity contribution in [1.82, 2.24) is 0 Å². The molecular formula is C34H44O7. The predicted molar refractivity (Wildman–Crippen MR) is 153 cm³/mol. The van der Waals surface area contributed by atoms with Gasteiger partial charge in [-0.2, -0.15) is 0 Å². The van der Waals surface area contributed by atoms with Gasteiger partial charge in [-0.1, -0.05) is 44.1 Å². The third kappa shape index (κ3) is 7.66. The molecule has 0 amide bonds. The third-order valence-electron chi connectivity index (χ3n) is 9.70. The molecule has 0 radical (unpaired) electrons. The zero-order valence-electron chi connectivity index (χ0n) is 24.3. The molecule has 1 aromatic rings. The van der Waals surface area contributed by atoms with Crippen molar-refractivity contribution in [2.75, 3.05) is 6.61 Å². The number of cyclic esters (lactones) is 4. The van der Waals surface area contributed by atoms with Gasteiger partial charge < -0.3 is 14.2 Å². The Balaban J connectivity index is 1.10. The lowest BCUT2D eigenvalue weighted by molar-refractivity contribution is -0.154. The van der Waals surface area contributed by atoms with E-state index < -0.39 is 35.7 Å². The normalized spacial score (nSPS) is 30.6. The number of esters is 4. The van der Waals surface area contributed by atoms with Crippen LogP contribution in [0.1, 0.15) is 120 Å². The Morgan fingerprint density at radius 3 is 1.85 bits per heavy atom. The fraction of sp³-hybridized carbons (Fsp3) is 0.647. The molecule has 2 aliphatic carbocycles.